The average Bonchev–Trinajstić information content (AvgIpc) is 3.18. The van der Waals surface area contributed by atoms with E-state index in [1.165, 1.54) is 11.8 Å². The van der Waals surface area contributed by atoms with Crippen molar-refractivity contribution in [3.63, 3.8) is 0 Å². The van der Waals surface area contributed by atoms with Crippen molar-refractivity contribution in [3.05, 3.63) is 52.8 Å². The predicted octanol–water partition coefficient (Wildman–Crippen LogP) is 6.14. The van der Waals surface area contributed by atoms with E-state index in [9.17, 15) is 4.79 Å². The van der Waals surface area contributed by atoms with Crippen LogP contribution >= 0.6 is 34.7 Å². The lowest BCUT2D eigenvalue weighted by molar-refractivity contribution is -0.156. The van der Waals surface area contributed by atoms with Gasteiger partial charge >= 0.3 is 5.97 Å². The number of hydrogen-bond acceptors (Lipinski definition) is 8. The van der Waals surface area contributed by atoms with Gasteiger partial charge < -0.3 is 9.64 Å². The number of esters is 1. The SMILES string of the molecule is CN(CCc1csc(SC(C)(C)C(=O)OC(C)(C)C)n1)c1cnc(-c2ccc(Cl)cc2)cn1. The number of halogens is 1. The number of thioether (sulfide) groups is 1. The summed E-state index contributed by atoms with van der Waals surface area (Å²) >= 11 is 8.94. The number of anilines is 1. The van der Waals surface area contributed by atoms with E-state index in [0.717, 1.165) is 40.1 Å². The number of nitrogens with zero attached hydrogens (tertiary/aromatic N) is 4. The third-order valence-corrected chi connectivity index (χ3v) is 7.05. The number of carbonyl (C=O) groups is 1. The smallest absolute Gasteiger partial charge is 0.322 e. The quantitative estimate of drug-likeness (QED) is 0.269. The van der Waals surface area contributed by atoms with E-state index in [2.05, 4.69) is 14.9 Å². The van der Waals surface area contributed by atoms with E-state index < -0.39 is 10.3 Å². The van der Waals surface area contributed by atoms with Gasteiger partial charge in [-0.15, -0.1) is 11.3 Å². The molecule has 0 atom stereocenters. The minimum Gasteiger partial charge on any atom is -0.459 e. The number of likely N-dealkylation sites (N-methyl/N-ethyl adjacent to an activating group) is 1. The van der Waals surface area contributed by atoms with Gasteiger partial charge in [0.1, 0.15) is 16.2 Å². The first kappa shape index (κ1) is 25.5. The van der Waals surface area contributed by atoms with Gasteiger partial charge in [0, 0.05) is 36.0 Å². The molecule has 9 heteroatoms. The second-order valence-corrected chi connectivity index (χ2v) is 12.3. The molecule has 0 radical (unpaired) electrons. The fraction of sp³-hybridized carbons (Fsp3) is 0.417. The van der Waals surface area contributed by atoms with Gasteiger partial charge in [-0.3, -0.25) is 9.78 Å². The second-order valence-electron chi connectivity index (χ2n) is 9.16. The number of carbonyl (C=O) groups excluding carboxylic acids is 1. The van der Waals surface area contributed by atoms with Crippen LogP contribution in [0.5, 0.6) is 0 Å². The molecule has 0 fully saturated rings. The minimum atomic E-state index is -0.708. The summed E-state index contributed by atoms with van der Waals surface area (Å²) in [6, 6.07) is 7.54. The molecule has 0 saturated carbocycles. The van der Waals surface area contributed by atoms with E-state index >= 15 is 0 Å². The maximum atomic E-state index is 12.5. The highest BCUT2D eigenvalue weighted by atomic mass is 35.5. The monoisotopic (exact) mass is 504 g/mol. The zero-order valence-electron chi connectivity index (χ0n) is 19.8. The van der Waals surface area contributed by atoms with Gasteiger partial charge in [0.2, 0.25) is 0 Å². The molecular weight excluding hydrogens is 476 g/mol. The van der Waals surface area contributed by atoms with Crippen molar-refractivity contribution in [1.82, 2.24) is 15.0 Å². The summed E-state index contributed by atoms with van der Waals surface area (Å²) in [5.41, 5.74) is 2.25. The van der Waals surface area contributed by atoms with Crippen LogP contribution in [0.25, 0.3) is 11.3 Å². The van der Waals surface area contributed by atoms with Crippen molar-refractivity contribution in [2.75, 3.05) is 18.5 Å². The van der Waals surface area contributed by atoms with Gasteiger partial charge in [0.25, 0.3) is 0 Å². The minimum absolute atomic E-state index is 0.239. The number of ether oxygens (including phenoxy) is 1. The third kappa shape index (κ3) is 7.42. The van der Waals surface area contributed by atoms with Crippen LogP contribution in [-0.2, 0) is 16.0 Å². The summed E-state index contributed by atoms with van der Waals surface area (Å²) in [4.78, 5) is 28.3. The lowest BCUT2D eigenvalue weighted by Crippen LogP contribution is -2.36. The second kappa shape index (κ2) is 10.4. The molecule has 0 amide bonds. The summed E-state index contributed by atoms with van der Waals surface area (Å²) in [6.07, 6.45) is 4.31. The number of aromatic nitrogens is 3. The Morgan fingerprint density at radius 3 is 2.42 bits per heavy atom. The summed E-state index contributed by atoms with van der Waals surface area (Å²) in [6.45, 7) is 10.1. The zero-order valence-corrected chi connectivity index (χ0v) is 22.1. The van der Waals surface area contributed by atoms with E-state index in [1.807, 2.05) is 71.3 Å². The molecule has 176 valence electrons. The van der Waals surface area contributed by atoms with Crippen molar-refractivity contribution in [2.45, 2.75) is 55.7 Å². The molecule has 6 nitrogen and oxygen atoms in total. The van der Waals surface area contributed by atoms with Crippen LogP contribution in [0, 0.1) is 0 Å². The molecule has 0 saturated heterocycles. The van der Waals surface area contributed by atoms with Crippen molar-refractivity contribution in [3.8, 4) is 11.3 Å². The van der Waals surface area contributed by atoms with E-state index in [1.54, 1.807) is 23.7 Å². The van der Waals surface area contributed by atoms with Gasteiger partial charge in [0.05, 0.1) is 23.8 Å². The van der Waals surface area contributed by atoms with Crippen molar-refractivity contribution >= 4 is 46.5 Å². The van der Waals surface area contributed by atoms with Crippen molar-refractivity contribution < 1.29 is 9.53 Å². The first-order valence-corrected chi connectivity index (χ1v) is 12.7. The molecule has 0 spiro atoms. The molecule has 0 aliphatic rings. The molecule has 0 bridgehead atoms. The molecule has 2 aromatic heterocycles. The Bertz CT molecular complexity index is 1080. The lowest BCUT2D eigenvalue weighted by Gasteiger charge is -2.27. The maximum Gasteiger partial charge on any atom is 0.322 e. The van der Waals surface area contributed by atoms with Gasteiger partial charge in [0.15, 0.2) is 4.34 Å². The number of hydrogen-bond donors (Lipinski definition) is 0. The molecule has 0 unspecified atom stereocenters. The van der Waals surface area contributed by atoms with Crippen molar-refractivity contribution in [2.24, 2.45) is 0 Å². The largest absolute Gasteiger partial charge is 0.459 e. The topological polar surface area (TPSA) is 68.2 Å². The Balaban J connectivity index is 1.55. The summed E-state index contributed by atoms with van der Waals surface area (Å²) in [7, 11) is 1.99. The fourth-order valence-corrected chi connectivity index (χ4v) is 5.19. The summed E-state index contributed by atoms with van der Waals surface area (Å²) in [5, 5.41) is 2.73. The van der Waals surface area contributed by atoms with Crippen LogP contribution < -0.4 is 4.90 Å². The van der Waals surface area contributed by atoms with E-state index in [-0.39, 0.29) is 5.97 Å². The van der Waals surface area contributed by atoms with Gasteiger partial charge in [-0.2, -0.15) is 0 Å². The fourth-order valence-electron chi connectivity index (χ4n) is 2.80. The number of rotatable bonds is 8. The van der Waals surface area contributed by atoms with Crippen molar-refractivity contribution in [1.29, 1.82) is 0 Å². The van der Waals surface area contributed by atoms with Crippen LogP contribution in [0.4, 0.5) is 5.82 Å². The summed E-state index contributed by atoms with van der Waals surface area (Å²) in [5.74, 6) is 0.556. The first-order valence-electron chi connectivity index (χ1n) is 10.6. The van der Waals surface area contributed by atoms with Gasteiger partial charge in [-0.1, -0.05) is 35.5 Å². The van der Waals surface area contributed by atoms with E-state index in [0.29, 0.717) is 5.02 Å². The van der Waals surface area contributed by atoms with Crippen LogP contribution in [-0.4, -0.2) is 44.9 Å². The third-order valence-electron chi connectivity index (χ3n) is 4.64. The number of thiazole rings is 1. The van der Waals surface area contributed by atoms with Gasteiger partial charge in [-0.25, -0.2) is 9.97 Å². The molecule has 0 aliphatic heterocycles. The molecule has 3 aromatic rings. The molecule has 33 heavy (non-hydrogen) atoms. The predicted molar refractivity (Wildman–Crippen MR) is 137 cm³/mol. The summed E-state index contributed by atoms with van der Waals surface area (Å²) < 4.78 is 5.69. The molecule has 0 aliphatic carbocycles. The van der Waals surface area contributed by atoms with Crippen LogP contribution in [0.1, 0.15) is 40.3 Å². The van der Waals surface area contributed by atoms with Crippen LogP contribution in [0.2, 0.25) is 5.02 Å². The molecule has 3 rings (SSSR count). The average molecular weight is 505 g/mol. The zero-order chi connectivity index (χ0) is 24.2. The highest BCUT2D eigenvalue weighted by Crippen LogP contribution is 2.36. The highest BCUT2D eigenvalue weighted by molar-refractivity contribution is 8.03. The molecular formula is C24H29ClN4O2S2. The Labute approximate surface area is 208 Å². The highest BCUT2D eigenvalue weighted by Gasteiger charge is 2.34. The standard InChI is InChI=1S/C24H29ClN4O2S2/c1-23(2,3)31-21(30)24(4,5)33-22-28-18(15-32-22)11-12-29(6)20-14-26-19(13-27-20)16-7-9-17(25)10-8-16/h7-10,13-15H,11-12H2,1-6H3. The Morgan fingerprint density at radius 1 is 1.12 bits per heavy atom. The Kier molecular flexibility index (Phi) is 8.03. The van der Waals surface area contributed by atoms with Gasteiger partial charge in [-0.05, 0) is 46.8 Å². The normalized spacial score (nSPS) is 12.0. The van der Waals surface area contributed by atoms with E-state index in [4.69, 9.17) is 21.3 Å². The molecule has 0 N–H and O–H groups in total. The lowest BCUT2D eigenvalue weighted by atomic mass is 10.1. The Morgan fingerprint density at radius 2 is 1.82 bits per heavy atom. The van der Waals surface area contributed by atoms with Crippen LogP contribution in [0.3, 0.4) is 0 Å². The molecule has 1 aromatic carbocycles. The number of benzene rings is 1. The Hall–Kier alpha value is -2.16. The molecule has 2 heterocycles. The van der Waals surface area contributed by atoms with Crippen LogP contribution in [0.15, 0.2) is 46.4 Å². The first-order chi connectivity index (χ1) is 15.4. The maximum absolute atomic E-state index is 12.5.